The van der Waals surface area contributed by atoms with Crippen molar-refractivity contribution in [2.75, 3.05) is 13.2 Å². The first-order valence-electron chi connectivity index (χ1n) is 3.84. The molecule has 1 saturated heterocycles. The third kappa shape index (κ3) is 10.6. The second kappa shape index (κ2) is 7.30. The van der Waals surface area contributed by atoms with Crippen molar-refractivity contribution in [3.63, 3.8) is 0 Å². The van der Waals surface area contributed by atoms with Crippen LogP contribution in [0.5, 0.6) is 0 Å². The van der Waals surface area contributed by atoms with E-state index in [4.69, 9.17) is 14.9 Å². The van der Waals surface area contributed by atoms with Crippen molar-refractivity contribution in [2.45, 2.75) is 12.8 Å². The molecule has 0 bridgehead atoms. The van der Waals surface area contributed by atoms with Gasteiger partial charge in [0.05, 0.1) is 0 Å². The van der Waals surface area contributed by atoms with E-state index < -0.39 is 11.9 Å². The van der Waals surface area contributed by atoms with Crippen LogP contribution in [-0.2, 0) is 14.3 Å². The van der Waals surface area contributed by atoms with E-state index in [2.05, 4.69) is 0 Å². The largest absolute Gasteiger partial charge is 0.478 e. The summed E-state index contributed by atoms with van der Waals surface area (Å²) in [7, 11) is 0. The summed E-state index contributed by atoms with van der Waals surface area (Å²) in [6, 6.07) is 0. The van der Waals surface area contributed by atoms with E-state index in [1.807, 2.05) is 0 Å². The summed E-state index contributed by atoms with van der Waals surface area (Å²) in [6.07, 6.45) is 3.67. The summed E-state index contributed by atoms with van der Waals surface area (Å²) in [5.74, 6) is -2.51. The van der Waals surface area contributed by atoms with Crippen LogP contribution in [0.4, 0.5) is 0 Å². The number of carboxylic acid groups (broad SMARTS) is 2. The van der Waals surface area contributed by atoms with Gasteiger partial charge in [0.2, 0.25) is 0 Å². The molecule has 2 N–H and O–H groups in total. The highest BCUT2D eigenvalue weighted by atomic mass is 16.5. The molecule has 0 aromatic carbocycles. The highest BCUT2D eigenvalue weighted by Gasteiger charge is 1.94. The zero-order valence-corrected chi connectivity index (χ0v) is 7.10. The van der Waals surface area contributed by atoms with Gasteiger partial charge < -0.3 is 14.9 Å². The van der Waals surface area contributed by atoms with Crippen LogP contribution in [0.3, 0.4) is 0 Å². The molecule has 0 aromatic heterocycles. The lowest BCUT2D eigenvalue weighted by atomic mass is 10.4. The smallest absolute Gasteiger partial charge is 0.328 e. The number of aliphatic carboxylic acids is 2. The fourth-order valence-electron chi connectivity index (χ4n) is 0.653. The molecule has 1 aliphatic rings. The molecule has 13 heavy (non-hydrogen) atoms. The molecule has 0 saturated carbocycles. The minimum absolute atomic E-state index is 0.558. The number of rotatable bonds is 2. The number of ether oxygens (including phenoxy) is 1. The molecule has 5 nitrogen and oxygen atoms in total. The van der Waals surface area contributed by atoms with Crippen molar-refractivity contribution in [3.8, 4) is 0 Å². The third-order valence-electron chi connectivity index (χ3n) is 1.20. The predicted octanol–water partition coefficient (Wildman–Crippen LogP) is 0.509. The summed E-state index contributed by atoms with van der Waals surface area (Å²) < 4.78 is 4.94. The molecule has 1 fully saturated rings. The van der Waals surface area contributed by atoms with Gasteiger partial charge in [0.15, 0.2) is 0 Å². The van der Waals surface area contributed by atoms with Crippen LogP contribution in [0, 0.1) is 0 Å². The van der Waals surface area contributed by atoms with Gasteiger partial charge in [0.1, 0.15) is 0 Å². The molecule has 0 radical (unpaired) electrons. The molecule has 0 aromatic rings. The summed E-state index contributed by atoms with van der Waals surface area (Å²) in [6.45, 7) is 2.00. The van der Waals surface area contributed by atoms with Gasteiger partial charge in [-0.05, 0) is 12.8 Å². The monoisotopic (exact) mass is 188 g/mol. The van der Waals surface area contributed by atoms with Gasteiger partial charge in [0.25, 0.3) is 0 Å². The Kier molecular flexibility index (Phi) is 6.53. The fourth-order valence-corrected chi connectivity index (χ4v) is 0.653. The van der Waals surface area contributed by atoms with Gasteiger partial charge >= 0.3 is 11.9 Å². The lowest BCUT2D eigenvalue weighted by Crippen LogP contribution is -1.91. The minimum atomic E-state index is -1.26. The maximum absolute atomic E-state index is 9.55. The summed E-state index contributed by atoms with van der Waals surface area (Å²) in [5.41, 5.74) is 0. The first-order chi connectivity index (χ1) is 6.13. The minimum Gasteiger partial charge on any atom is -0.478 e. The van der Waals surface area contributed by atoms with Gasteiger partial charge in [-0.25, -0.2) is 9.59 Å². The molecule has 1 aliphatic heterocycles. The molecular formula is C8H12O5. The van der Waals surface area contributed by atoms with Crippen molar-refractivity contribution in [3.05, 3.63) is 12.2 Å². The molecule has 1 rings (SSSR count). The van der Waals surface area contributed by atoms with Crippen LogP contribution in [0.2, 0.25) is 0 Å². The van der Waals surface area contributed by atoms with E-state index in [1.54, 1.807) is 0 Å². The molecule has 0 amide bonds. The third-order valence-corrected chi connectivity index (χ3v) is 1.20. The second-order valence-corrected chi connectivity index (χ2v) is 2.33. The second-order valence-electron chi connectivity index (χ2n) is 2.33. The van der Waals surface area contributed by atoms with Gasteiger partial charge in [-0.2, -0.15) is 0 Å². The van der Waals surface area contributed by atoms with Crippen molar-refractivity contribution in [1.82, 2.24) is 0 Å². The Morgan fingerprint density at radius 1 is 1.00 bits per heavy atom. The van der Waals surface area contributed by atoms with Crippen molar-refractivity contribution >= 4 is 11.9 Å². The highest BCUT2D eigenvalue weighted by Crippen LogP contribution is 1.98. The molecule has 1 heterocycles. The Hall–Kier alpha value is -1.36. The zero-order chi connectivity index (χ0) is 10.1. The van der Waals surface area contributed by atoms with Crippen LogP contribution in [0.15, 0.2) is 12.2 Å². The van der Waals surface area contributed by atoms with E-state index in [9.17, 15) is 9.59 Å². The van der Waals surface area contributed by atoms with E-state index in [0.717, 1.165) is 13.2 Å². The predicted molar refractivity (Wildman–Crippen MR) is 44.5 cm³/mol. The Balaban J connectivity index is 0.000000243. The van der Waals surface area contributed by atoms with Crippen LogP contribution in [-0.4, -0.2) is 35.4 Å². The summed E-state index contributed by atoms with van der Waals surface area (Å²) in [5, 5.41) is 15.6. The molecule has 0 spiro atoms. The van der Waals surface area contributed by atoms with Gasteiger partial charge in [-0.15, -0.1) is 0 Å². The number of hydrogen-bond donors (Lipinski definition) is 2. The number of hydrogen-bond acceptors (Lipinski definition) is 3. The quantitative estimate of drug-likeness (QED) is 0.617. The Morgan fingerprint density at radius 2 is 1.38 bits per heavy atom. The molecule has 0 atom stereocenters. The summed E-state index contributed by atoms with van der Waals surface area (Å²) in [4.78, 5) is 19.1. The number of carbonyl (C=O) groups is 2. The SMILES string of the molecule is C1CCOC1.O=C(O)C=CC(=O)O. The molecule has 0 aliphatic carbocycles. The average Bonchev–Trinajstić information content (AvgIpc) is 2.57. The first-order valence-corrected chi connectivity index (χ1v) is 3.84. The lowest BCUT2D eigenvalue weighted by Gasteiger charge is -1.76. The normalized spacial score (nSPS) is 15.1. The fraction of sp³-hybridized carbons (Fsp3) is 0.500. The molecule has 5 heteroatoms. The van der Waals surface area contributed by atoms with Crippen LogP contribution >= 0.6 is 0 Å². The van der Waals surface area contributed by atoms with E-state index in [1.165, 1.54) is 12.8 Å². The van der Waals surface area contributed by atoms with E-state index >= 15 is 0 Å². The van der Waals surface area contributed by atoms with E-state index in [0.29, 0.717) is 12.2 Å². The molecular weight excluding hydrogens is 176 g/mol. The zero-order valence-electron chi connectivity index (χ0n) is 7.10. The molecule has 0 unspecified atom stereocenters. The van der Waals surface area contributed by atoms with Crippen molar-refractivity contribution in [2.24, 2.45) is 0 Å². The Morgan fingerprint density at radius 3 is 1.54 bits per heavy atom. The lowest BCUT2D eigenvalue weighted by molar-refractivity contribution is -0.134. The van der Waals surface area contributed by atoms with Crippen molar-refractivity contribution < 1.29 is 24.5 Å². The Bertz CT molecular complexity index is 169. The topological polar surface area (TPSA) is 83.8 Å². The van der Waals surface area contributed by atoms with Crippen LogP contribution in [0.25, 0.3) is 0 Å². The van der Waals surface area contributed by atoms with Gasteiger partial charge in [0, 0.05) is 25.4 Å². The number of carboxylic acids is 2. The first kappa shape index (κ1) is 11.6. The molecule has 74 valence electrons. The maximum atomic E-state index is 9.55. The average molecular weight is 188 g/mol. The highest BCUT2D eigenvalue weighted by molar-refractivity contribution is 5.89. The maximum Gasteiger partial charge on any atom is 0.328 e. The van der Waals surface area contributed by atoms with Crippen LogP contribution in [0.1, 0.15) is 12.8 Å². The van der Waals surface area contributed by atoms with Gasteiger partial charge in [-0.1, -0.05) is 0 Å². The van der Waals surface area contributed by atoms with Crippen molar-refractivity contribution in [1.29, 1.82) is 0 Å². The van der Waals surface area contributed by atoms with Crippen LogP contribution < -0.4 is 0 Å². The summed E-state index contributed by atoms with van der Waals surface area (Å²) >= 11 is 0. The van der Waals surface area contributed by atoms with E-state index in [-0.39, 0.29) is 0 Å². The van der Waals surface area contributed by atoms with Gasteiger partial charge in [-0.3, -0.25) is 0 Å². The standard InChI is InChI=1S/C4H4O4.C4H8O/c5-3(6)1-2-4(7)8;1-2-4-5-3-1/h1-2H,(H,5,6)(H,7,8);1-4H2. The Labute approximate surface area is 75.6 Å².